The van der Waals surface area contributed by atoms with Crippen molar-refractivity contribution in [2.75, 3.05) is 13.1 Å². The Bertz CT molecular complexity index is 594. The number of piperidine rings is 1. The zero-order valence-electron chi connectivity index (χ0n) is 13.3. The van der Waals surface area contributed by atoms with E-state index in [1.807, 2.05) is 29.1 Å². The zero-order valence-corrected chi connectivity index (χ0v) is 14.1. The molecule has 4 nitrogen and oxygen atoms in total. The molecule has 1 aliphatic heterocycles. The summed E-state index contributed by atoms with van der Waals surface area (Å²) in [5.74, 6) is 0. The molecule has 1 fully saturated rings. The number of halogens is 1. The average molecular weight is 321 g/mol. The second-order valence-electron chi connectivity index (χ2n) is 6.68. The highest BCUT2D eigenvalue weighted by Gasteiger charge is 2.33. The van der Waals surface area contributed by atoms with E-state index in [2.05, 4.69) is 42.0 Å². The molecule has 0 bridgehead atoms. The minimum Gasteiger partial charge on any atom is -0.327 e. The maximum absolute atomic E-state index is 6.20. The van der Waals surface area contributed by atoms with Crippen LogP contribution in [0.3, 0.4) is 0 Å². The number of aromatic nitrogens is 2. The number of rotatable bonds is 3. The molecule has 1 atom stereocenters. The fourth-order valence-corrected chi connectivity index (χ4v) is 3.02. The molecule has 1 unspecified atom stereocenters. The minimum absolute atomic E-state index is 0. The molecule has 5 heteroatoms. The van der Waals surface area contributed by atoms with Crippen molar-refractivity contribution in [2.24, 2.45) is 11.1 Å². The molecular weight excluding hydrogens is 296 g/mol. The van der Waals surface area contributed by atoms with Gasteiger partial charge < -0.3 is 5.73 Å². The van der Waals surface area contributed by atoms with Crippen molar-refractivity contribution in [1.29, 1.82) is 0 Å². The van der Waals surface area contributed by atoms with Crippen molar-refractivity contribution in [3.63, 3.8) is 0 Å². The number of hydrogen-bond donors (Lipinski definition) is 1. The van der Waals surface area contributed by atoms with E-state index in [9.17, 15) is 0 Å². The monoisotopic (exact) mass is 320 g/mol. The van der Waals surface area contributed by atoms with Gasteiger partial charge in [-0.2, -0.15) is 5.10 Å². The Labute approximate surface area is 138 Å². The quantitative estimate of drug-likeness (QED) is 0.946. The first-order chi connectivity index (χ1) is 10.0. The second-order valence-corrected chi connectivity index (χ2v) is 6.68. The van der Waals surface area contributed by atoms with E-state index in [0.717, 1.165) is 37.4 Å². The summed E-state index contributed by atoms with van der Waals surface area (Å²) in [5.41, 5.74) is 8.60. The van der Waals surface area contributed by atoms with Gasteiger partial charge >= 0.3 is 0 Å². The lowest BCUT2D eigenvalue weighted by molar-refractivity contribution is 0.0888. The fraction of sp³-hybridized carbons (Fsp3) is 0.471. The number of hydrogen-bond acceptors (Lipinski definition) is 3. The van der Waals surface area contributed by atoms with Crippen LogP contribution in [0.25, 0.3) is 5.69 Å². The van der Waals surface area contributed by atoms with Crippen LogP contribution in [0.15, 0.2) is 42.6 Å². The van der Waals surface area contributed by atoms with E-state index in [1.54, 1.807) is 0 Å². The first-order valence-corrected chi connectivity index (χ1v) is 7.62. The van der Waals surface area contributed by atoms with E-state index < -0.39 is 0 Å². The third kappa shape index (κ3) is 3.69. The lowest BCUT2D eigenvalue weighted by Gasteiger charge is -2.42. The van der Waals surface area contributed by atoms with Crippen LogP contribution in [0.2, 0.25) is 0 Å². The standard InChI is InChI=1S/C17H24N4.ClH/c1-17(2)13-20(10-9-16(17)18)12-14-8-11-21(19-14)15-6-4-3-5-7-15;/h3-8,11,16H,9-10,12-13,18H2,1-2H3;1H. The van der Waals surface area contributed by atoms with Crippen LogP contribution in [0.1, 0.15) is 26.0 Å². The number of benzene rings is 1. The van der Waals surface area contributed by atoms with Crippen LogP contribution in [0.5, 0.6) is 0 Å². The van der Waals surface area contributed by atoms with Crippen molar-refractivity contribution in [1.82, 2.24) is 14.7 Å². The van der Waals surface area contributed by atoms with Gasteiger partial charge in [0.2, 0.25) is 0 Å². The maximum Gasteiger partial charge on any atom is 0.0769 e. The summed E-state index contributed by atoms with van der Waals surface area (Å²) >= 11 is 0. The molecule has 2 N–H and O–H groups in total. The highest BCUT2D eigenvalue weighted by molar-refractivity contribution is 5.85. The molecule has 0 spiro atoms. The third-order valence-corrected chi connectivity index (χ3v) is 4.44. The molecule has 1 aromatic carbocycles. The van der Waals surface area contributed by atoms with Crippen molar-refractivity contribution in [3.05, 3.63) is 48.3 Å². The summed E-state index contributed by atoms with van der Waals surface area (Å²) in [7, 11) is 0. The fourth-order valence-electron chi connectivity index (χ4n) is 3.02. The Morgan fingerprint density at radius 1 is 1.23 bits per heavy atom. The van der Waals surface area contributed by atoms with Crippen LogP contribution < -0.4 is 5.73 Å². The van der Waals surface area contributed by atoms with Gasteiger partial charge in [-0.1, -0.05) is 32.0 Å². The summed E-state index contributed by atoms with van der Waals surface area (Å²) in [6.07, 6.45) is 3.10. The van der Waals surface area contributed by atoms with Crippen LogP contribution >= 0.6 is 12.4 Å². The Hall–Kier alpha value is -1.36. The van der Waals surface area contributed by atoms with Gasteiger partial charge in [0.15, 0.2) is 0 Å². The normalized spacial score (nSPS) is 21.3. The highest BCUT2D eigenvalue weighted by Crippen LogP contribution is 2.28. The van der Waals surface area contributed by atoms with Crippen LogP contribution in [-0.4, -0.2) is 33.8 Å². The lowest BCUT2D eigenvalue weighted by atomic mass is 9.80. The Morgan fingerprint density at radius 2 is 1.95 bits per heavy atom. The van der Waals surface area contributed by atoms with Crippen molar-refractivity contribution < 1.29 is 0 Å². The van der Waals surface area contributed by atoms with Gasteiger partial charge in [-0.15, -0.1) is 12.4 Å². The number of nitrogens with two attached hydrogens (primary N) is 1. The van der Waals surface area contributed by atoms with E-state index in [1.165, 1.54) is 0 Å². The summed E-state index contributed by atoms with van der Waals surface area (Å²) in [6, 6.07) is 12.6. The van der Waals surface area contributed by atoms with E-state index in [4.69, 9.17) is 5.73 Å². The first kappa shape index (κ1) is 17.0. The number of likely N-dealkylation sites (tertiary alicyclic amines) is 1. The molecule has 120 valence electrons. The largest absolute Gasteiger partial charge is 0.327 e. The molecule has 0 aliphatic carbocycles. The predicted molar refractivity (Wildman–Crippen MR) is 92.5 cm³/mol. The van der Waals surface area contributed by atoms with Gasteiger partial charge in [-0.25, -0.2) is 4.68 Å². The van der Waals surface area contributed by atoms with Crippen LogP contribution in [-0.2, 0) is 6.54 Å². The van der Waals surface area contributed by atoms with Gasteiger partial charge in [0, 0.05) is 31.9 Å². The third-order valence-electron chi connectivity index (χ3n) is 4.44. The molecule has 0 saturated carbocycles. The van der Waals surface area contributed by atoms with E-state index in [0.29, 0.717) is 6.04 Å². The number of para-hydroxylation sites is 1. The van der Waals surface area contributed by atoms with Crippen molar-refractivity contribution in [3.8, 4) is 5.69 Å². The summed E-state index contributed by atoms with van der Waals surface area (Å²) < 4.78 is 1.94. The Kier molecular flexibility index (Phi) is 5.27. The highest BCUT2D eigenvalue weighted by atomic mass is 35.5. The molecule has 1 saturated heterocycles. The number of nitrogens with zero attached hydrogens (tertiary/aromatic N) is 3. The average Bonchev–Trinajstić information content (AvgIpc) is 2.92. The molecule has 0 radical (unpaired) electrons. The molecule has 1 aromatic heterocycles. The Morgan fingerprint density at radius 3 is 2.64 bits per heavy atom. The summed E-state index contributed by atoms with van der Waals surface area (Å²) in [4.78, 5) is 2.46. The van der Waals surface area contributed by atoms with Gasteiger partial charge in [0.1, 0.15) is 0 Å². The van der Waals surface area contributed by atoms with Crippen LogP contribution in [0, 0.1) is 5.41 Å². The minimum atomic E-state index is 0. The molecule has 2 aromatic rings. The molecule has 2 heterocycles. The van der Waals surface area contributed by atoms with Crippen molar-refractivity contribution in [2.45, 2.75) is 32.9 Å². The van der Waals surface area contributed by atoms with Gasteiger partial charge in [0.25, 0.3) is 0 Å². The van der Waals surface area contributed by atoms with E-state index in [-0.39, 0.29) is 17.8 Å². The van der Waals surface area contributed by atoms with Crippen LogP contribution in [0.4, 0.5) is 0 Å². The SMILES string of the molecule is CC1(C)CN(Cc2ccn(-c3ccccc3)n2)CCC1N.Cl. The maximum atomic E-state index is 6.20. The molecule has 3 rings (SSSR count). The molecule has 0 amide bonds. The smallest absolute Gasteiger partial charge is 0.0769 e. The first-order valence-electron chi connectivity index (χ1n) is 7.62. The van der Waals surface area contributed by atoms with Crippen molar-refractivity contribution >= 4 is 12.4 Å². The predicted octanol–water partition coefficient (Wildman–Crippen LogP) is 2.85. The van der Waals surface area contributed by atoms with Gasteiger partial charge in [-0.3, -0.25) is 4.90 Å². The lowest BCUT2D eigenvalue weighted by Crippen LogP contribution is -2.52. The summed E-state index contributed by atoms with van der Waals surface area (Å²) in [5, 5.41) is 4.69. The Balaban J connectivity index is 0.00000176. The molecule has 22 heavy (non-hydrogen) atoms. The zero-order chi connectivity index (χ0) is 14.9. The van der Waals surface area contributed by atoms with E-state index >= 15 is 0 Å². The molecular formula is C17H25ClN4. The molecule has 1 aliphatic rings. The van der Waals surface area contributed by atoms with Gasteiger partial charge in [-0.05, 0) is 30.0 Å². The topological polar surface area (TPSA) is 47.1 Å². The second kappa shape index (κ2) is 6.82. The summed E-state index contributed by atoms with van der Waals surface area (Å²) in [6.45, 7) is 7.50. The van der Waals surface area contributed by atoms with Gasteiger partial charge in [0.05, 0.1) is 11.4 Å².